The van der Waals surface area contributed by atoms with Gasteiger partial charge < -0.3 is 0 Å². The number of hydrogen-bond acceptors (Lipinski definition) is 1. The summed E-state index contributed by atoms with van der Waals surface area (Å²) in [5.74, 6) is 0. The summed E-state index contributed by atoms with van der Waals surface area (Å²) in [6, 6.07) is 0. The molecule has 11 heavy (non-hydrogen) atoms. The summed E-state index contributed by atoms with van der Waals surface area (Å²) in [7, 11) is 0. The maximum absolute atomic E-state index is 9.84. The van der Waals surface area contributed by atoms with Gasteiger partial charge in [-0.15, -0.1) is 0 Å². The quantitative estimate of drug-likeness (QED) is 0.247. The highest BCUT2D eigenvalue weighted by Gasteiger charge is 1.75. The summed E-state index contributed by atoms with van der Waals surface area (Å²) in [4.78, 5) is 9.84. The number of aldehydes is 1. The molecule has 0 saturated carbocycles. The van der Waals surface area contributed by atoms with Crippen molar-refractivity contribution in [3.8, 4) is 0 Å². The summed E-state index contributed by atoms with van der Waals surface area (Å²) in [6.07, 6.45) is 13.0. The van der Waals surface area contributed by atoms with Gasteiger partial charge in [0.1, 0.15) is 6.29 Å². The molecule has 0 aromatic carbocycles. The van der Waals surface area contributed by atoms with Crippen LogP contribution in [0.4, 0.5) is 0 Å². The standard InChI is InChI=1S/C10H16O/c1-2-3-4-5-6-7-8-9-10-11/h4-5,8-10H,2-3,6-7H2,1H3/b5-4-,9-8-. The molecule has 0 fully saturated rings. The molecule has 0 spiro atoms. The second kappa shape index (κ2) is 9.15. The van der Waals surface area contributed by atoms with Crippen LogP contribution in [-0.4, -0.2) is 6.29 Å². The summed E-state index contributed by atoms with van der Waals surface area (Å²) in [6.45, 7) is 2.16. The highest BCUT2D eigenvalue weighted by Crippen LogP contribution is 1.95. The molecule has 0 saturated heterocycles. The van der Waals surface area contributed by atoms with Gasteiger partial charge in [-0.1, -0.05) is 31.6 Å². The van der Waals surface area contributed by atoms with Crippen LogP contribution in [0, 0.1) is 0 Å². The first-order valence-electron chi connectivity index (χ1n) is 4.17. The first-order valence-corrected chi connectivity index (χ1v) is 4.17. The average Bonchev–Trinajstić information content (AvgIpc) is 2.03. The molecule has 0 unspecified atom stereocenters. The number of carbonyl (C=O) groups is 1. The van der Waals surface area contributed by atoms with Crippen molar-refractivity contribution in [2.75, 3.05) is 0 Å². The van der Waals surface area contributed by atoms with Gasteiger partial charge in [-0.2, -0.15) is 0 Å². The van der Waals surface area contributed by atoms with Gasteiger partial charge in [0.25, 0.3) is 0 Å². The van der Waals surface area contributed by atoms with E-state index in [1.54, 1.807) is 6.08 Å². The fourth-order valence-electron chi connectivity index (χ4n) is 0.747. The van der Waals surface area contributed by atoms with E-state index in [1.807, 2.05) is 6.08 Å². The maximum Gasteiger partial charge on any atom is 0.142 e. The lowest BCUT2D eigenvalue weighted by Crippen LogP contribution is -1.66. The van der Waals surface area contributed by atoms with E-state index in [2.05, 4.69) is 19.1 Å². The van der Waals surface area contributed by atoms with Gasteiger partial charge in [-0.25, -0.2) is 0 Å². The van der Waals surface area contributed by atoms with Crippen LogP contribution >= 0.6 is 0 Å². The van der Waals surface area contributed by atoms with Crippen molar-refractivity contribution >= 4 is 6.29 Å². The highest BCUT2D eigenvalue weighted by atomic mass is 16.1. The number of hydrogen-bond donors (Lipinski definition) is 0. The molecule has 0 atom stereocenters. The van der Waals surface area contributed by atoms with Crippen molar-refractivity contribution in [2.24, 2.45) is 0 Å². The molecule has 0 radical (unpaired) electrons. The molecule has 0 rings (SSSR count). The average molecular weight is 152 g/mol. The predicted octanol–water partition coefficient (Wildman–Crippen LogP) is 2.88. The van der Waals surface area contributed by atoms with E-state index in [0.717, 1.165) is 25.5 Å². The van der Waals surface area contributed by atoms with E-state index in [1.165, 1.54) is 6.42 Å². The number of carbonyl (C=O) groups excluding carboxylic acids is 1. The van der Waals surface area contributed by atoms with Crippen LogP contribution in [0.1, 0.15) is 32.6 Å². The van der Waals surface area contributed by atoms with E-state index in [0.29, 0.717) is 0 Å². The Balaban J connectivity index is 3.12. The first-order chi connectivity index (χ1) is 5.41. The third kappa shape index (κ3) is 9.15. The Hall–Kier alpha value is -0.850. The van der Waals surface area contributed by atoms with Crippen molar-refractivity contribution in [3.05, 3.63) is 24.3 Å². The van der Waals surface area contributed by atoms with E-state index in [4.69, 9.17) is 0 Å². The van der Waals surface area contributed by atoms with Crippen molar-refractivity contribution < 1.29 is 4.79 Å². The third-order valence-corrected chi connectivity index (χ3v) is 1.34. The molecule has 0 heterocycles. The molecule has 0 aromatic rings. The van der Waals surface area contributed by atoms with Gasteiger partial charge in [-0.05, 0) is 25.3 Å². The van der Waals surface area contributed by atoms with Gasteiger partial charge in [0.05, 0.1) is 0 Å². The fraction of sp³-hybridized carbons (Fsp3) is 0.500. The molecule has 0 aliphatic heterocycles. The lowest BCUT2D eigenvalue weighted by molar-refractivity contribution is -0.104. The van der Waals surface area contributed by atoms with Crippen molar-refractivity contribution in [3.63, 3.8) is 0 Å². The lowest BCUT2D eigenvalue weighted by Gasteiger charge is -1.85. The highest BCUT2D eigenvalue weighted by molar-refractivity contribution is 5.64. The van der Waals surface area contributed by atoms with E-state index in [-0.39, 0.29) is 0 Å². The largest absolute Gasteiger partial charge is 0.299 e. The van der Waals surface area contributed by atoms with E-state index >= 15 is 0 Å². The van der Waals surface area contributed by atoms with Gasteiger partial charge in [0.15, 0.2) is 0 Å². The summed E-state index contributed by atoms with van der Waals surface area (Å²) >= 11 is 0. The Labute approximate surface area is 68.8 Å². The van der Waals surface area contributed by atoms with Gasteiger partial charge in [0.2, 0.25) is 0 Å². The van der Waals surface area contributed by atoms with Crippen LogP contribution in [0.15, 0.2) is 24.3 Å². The number of unbranched alkanes of at least 4 members (excludes halogenated alkanes) is 2. The van der Waals surface area contributed by atoms with Crippen LogP contribution in [0.5, 0.6) is 0 Å². The molecular weight excluding hydrogens is 136 g/mol. The third-order valence-electron chi connectivity index (χ3n) is 1.34. The van der Waals surface area contributed by atoms with E-state index in [9.17, 15) is 4.79 Å². The Bertz CT molecular complexity index is 134. The number of rotatable bonds is 6. The molecule has 1 heteroatoms. The maximum atomic E-state index is 9.84. The van der Waals surface area contributed by atoms with Crippen LogP contribution < -0.4 is 0 Å². The minimum Gasteiger partial charge on any atom is -0.299 e. The normalized spacial score (nSPS) is 11.4. The Morgan fingerprint density at radius 2 is 1.64 bits per heavy atom. The van der Waals surface area contributed by atoms with Crippen molar-refractivity contribution in [1.82, 2.24) is 0 Å². The minimum absolute atomic E-state index is 0.815. The molecule has 0 amide bonds. The number of allylic oxidation sites excluding steroid dienone is 4. The zero-order valence-corrected chi connectivity index (χ0v) is 7.12. The minimum atomic E-state index is 0.815. The van der Waals surface area contributed by atoms with Crippen LogP contribution in [0.3, 0.4) is 0 Å². The summed E-state index contributed by atoms with van der Waals surface area (Å²) in [5.41, 5.74) is 0. The molecule has 0 bridgehead atoms. The molecule has 0 aromatic heterocycles. The summed E-state index contributed by atoms with van der Waals surface area (Å²) < 4.78 is 0. The molecular formula is C10H16O. The molecule has 62 valence electrons. The summed E-state index contributed by atoms with van der Waals surface area (Å²) in [5, 5.41) is 0. The Kier molecular flexibility index (Phi) is 8.44. The Morgan fingerprint density at radius 3 is 2.27 bits per heavy atom. The lowest BCUT2D eigenvalue weighted by atomic mass is 10.2. The monoisotopic (exact) mass is 152 g/mol. The van der Waals surface area contributed by atoms with E-state index < -0.39 is 0 Å². The SMILES string of the molecule is CCC/C=C\CC/C=C\C=O. The van der Waals surface area contributed by atoms with Gasteiger partial charge >= 0.3 is 0 Å². The topological polar surface area (TPSA) is 17.1 Å². The molecule has 0 aliphatic carbocycles. The fourth-order valence-corrected chi connectivity index (χ4v) is 0.747. The predicted molar refractivity (Wildman–Crippen MR) is 48.5 cm³/mol. The molecule has 0 aliphatic rings. The molecule has 1 nitrogen and oxygen atoms in total. The molecule has 0 N–H and O–H groups in total. The van der Waals surface area contributed by atoms with Crippen LogP contribution in [0.2, 0.25) is 0 Å². The van der Waals surface area contributed by atoms with Crippen LogP contribution in [0.25, 0.3) is 0 Å². The van der Waals surface area contributed by atoms with Gasteiger partial charge in [-0.3, -0.25) is 4.79 Å². The zero-order chi connectivity index (χ0) is 8.36. The second-order valence-electron chi connectivity index (χ2n) is 2.40. The Morgan fingerprint density at radius 1 is 1.00 bits per heavy atom. The first kappa shape index (κ1) is 10.2. The van der Waals surface area contributed by atoms with Crippen LogP contribution in [-0.2, 0) is 4.79 Å². The zero-order valence-electron chi connectivity index (χ0n) is 7.12. The second-order valence-corrected chi connectivity index (χ2v) is 2.40. The van der Waals surface area contributed by atoms with Gasteiger partial charge in [0, 0.05) is 0 Å². The smallest absolute Gasteiger partial charge is 0.142 e. The van der Waals surface area contributed by atoms with Crippen molar-refractivity contribution in [1.29, 1.82) is 0 Å². The van der Waals surface area contributed by atoms with Crippen molar-refractivity contribution in [2.45, 2.75) is 32.6 Å².